The van der Waals surface area contributed by atoms with Crippen LogP contribution in [-0.4, -0.2) is 25.3 Å². The third-order valence-electron chi connectivity index (χ3n) is 3.78. The molecule has 0 aromatic heterocycles. The van der Waals surface area contributed by atoms with E-state index in [-0.39, 0.29) is 18.0 Å². The Morgan fingerprint density at radius 3 is 2.95 bits per heavy atom. The van der Waals surface area contributed by atoms with Crippen molar-refractivity contribution in [1.82, 2.24) is 5.32 Å². The molecular weight excluding hydrogens is 277 g/mol. The van der Waals surface area contributed by atoms with E-state index in [1.165, 1.54) is 18.6 Å². The molecule has 0 spiro atoms. The molecule has 1 aromatic carbocycles. The fourth-order valence-corrected chi connectivity index (χ4v) is 2.92. The molecule has 2 nitrogen and oxygen atoms in total. The van der Waals surface area contributed by atoms with Crippen LogP contribution in [0.3, 0.4) is 0 Å². The maximum Gasteiger partial charge on any atom is 0.124 e. The van der Waals surface area contributed by atoms with Crippen LogP contribution in [0.15, 0.2) is 18.2 Å². The highest BCUT2D eigenvalue weighted by atomic mass is 35.5. The lowest BCUT2D eigenvalue weighted by molar-refractivity contribution is -0.00737. The molecule has 2 atom stereocenters. The summed E-state index contributed by atoms with van der Waals surface area (Å²) in [5.41, 5.74) is 0.982. The second-order valence-corrected chi connectivity index (χ2v) is 5.81. The first-order valence-corrected chi connectivity index (χ1v) is 7.87. The van der Waals surface area contributed by atoms with E-state index < -0.39 is 0 Å². The summed E-state index contributed by atoms with van der Waals surface area (Å²) in [6, 6.07) is 4.88. The summed E-state index contributed by atoms with van der Waals surface area (Å²) >= 11 is 6.14. The van der Waals surface area contributed by atoms with Gasteiger partial charge in [0.25, 0.3) is 0 Å². The zero-order valence-corrected chi connectivity index (χ0v) is 12.8. The van der Waals surface area contributed by atoms with Crippen LogP contribution in [0.1, 0.15) is 38.2 Å². The van der Waals surface area contributed by atoms with Gasteiger partial charge in [-0.2, -0.15) is 0 Å². The summed E-state index contributed by atoms with van der Waals surface area (Å²) in [4.78, 5) is 0. The van der Waals surface area contributed by atoms with Crippen molar-refractivity contribution in [2.45, 2.75) is 51.2 Å². The summed E-state index contributed by atoms with van der Waals surface area (Å²) in [7, 11) is 0. The number of ether oxygens (including phenoxy) is 1. The number of rotatable bonds is 6. The zero-order chi connectivity index (χ0) is 14.4. The number of hydrogen-bond donors (Lipinski definition) is 1. The molecule has 1 aromatic rings. The smallest absolute Gasteiger partial charge is 0.124 e. The molecule has 112 valence electrons. The Balaban J connectivity index is 2.05. The van der Waals surface area contributed by atoms with Crippen molar-refractivity contribution in [1.29, 1.82) is 0 Å². The van der Waals surface area contributed by atoms with Gasteiger partial charge in [0.1, 0.15) is 5.82 Å². The van der Waals surface area contributed by atoms with E-state index >= 15 is 0 Å². The number of hydrogen-bond acceptors (Lipinski definition) is 2. The minimum Gasteiger partial charge on any atom is -0.377 e. The minimum absolute atomic E-state index is 0.233. The molecule has 1 N–H and O–H groups in total. The molecular formula is C16H23ClFNO. The fourth-order valence-electron chi connectivity index (χ4n) is 2.67. The second-order valence-electron chi connectivity index (χ2n) is 5.41. The lowest BCUT2D eigenvalue weighted by Gasteiger charge is -2.31. The largest absolute Gasteiger partial charge is 0.377 e. The lowest BCUT2D eigenvalue weighted by Crippen LogP contribution is -2.44. The van der Waals surface area contributed by atoms with Gasteiger partial charge in [-0.25, -0.2) is 4.39 Å². The van der Waals surface area contributed by atoms with E-state index in [1.807, 2.05) is 0 Å². The Kier molecular flexibility index (Phi) is 6.27. The molecule has 1 fully saturated rings. The Bertz CT molecular complexity index is 421. The SMILES string of the molecule is CCCNC(Cc1ccc(F)cc1Cl)C1CCCCO1. The van der Waals surface area contributed by atoms with Crippen LogP contribution in [0, 0.1) is 5.82 Å². The van der Waals surface area contributed by atoms with Gasteiger partial charge in [-0.1, -0.05) is 24.6 Å². The molecule has 0 amide bonds. The first-order chi connectivity index (χ1) is 9.70. The van der Waals surface area contributed by atoms with Crippen LogP contribution < -0.4 is 5.32 Å². The molecule has 2 unspecified atom stereocenters. The molecule has 0 saturated carbocycles. The van der Waals surface area contributed by atoms with Crippen LogP contribution in [0.4, 0.5) is 4.39 Å². The molecule has 0 radical (unpaired) electrons. The zero-order valence-electron chi connectivity index (χ0n) is 12.0. The van der Waals surface area contributed by atoms with Crippen LogP contribution >= 0.6 is 11.6 Å². The monoisotopic (exact) mass is 299 g/mol. The first-order valence-electron chi connectivity index (χ1n) is 7.49. The van der Waals surface area contributed by atoms with Gasteiger partial charge < -0.3 is 10.1 Å². The maximum absolute atomic E-state index is 13.1. The summed E-state index contributed by atoms with van der Waals surface area (Å²) < 4.78 is 19.0. The highest BCUT2D eigenvalue weighted by Gasteiger charge is 2.24. The van der Waals surface area contributed by atoms with Gasteiger partial charge in [0.15, 0.2) is 0 Å². The van der Waals surface area contributed by atoms with E-state index in [0.717, 1.165) is 44.4 Å². The van der Waals surface area contributed by atoms with Gasteiger partial charge in [-0.05, 0) is 56.3 Å². The van der Waals surface area contributed by atoms with Gasteiger partial charge in [0, 0.05) is 17.7 Å². The normalized spacial score (nSPS) is 20.9. The quantitative estimate of drug-likeness (QED) is 0.858. The summed E-state index contributed by atoms with van der Waals surface area (Å²) in [5, 5.41) is 4.06. The van der Waals surface area contributed by atoms with Crippen molar-refractivity contribution in [3.8, 4) is 0 Å². The highest BCUT2D eigenvalue weighted by Crippen LogP contribution is 2.23. The van der Waals surface area contributed by atoms with E-state index in [4.69, 9.17) is 16.3 Å². The standard InChI is InChI=1S/C16H23ClFNO/c1-2-8-19-15(16-5-3-4-9-20-16)10-12-6-7-13(18)11-14(12)17/h6-7,11,15-16,19H,2-5,8-10H2,1H3. The number of halogens is 2. The Morgan fingerprint density at radius 1 is 1.45 bits per heavy atom. The average Bonchev–Trinajstić information content (AvgIpc) is 2.46. The summed E-state index contributed by atoms with van der Waals surface area (Å²) in [6.07, 6.45) is 5.54. The van der Waals surface area contributed by atoms with Crippen molar-refractivity contribution >= 4 is 11.6 Å². The van der Waals surface area contributed by atoms with Crippen LogP contribution in [0.2, 0.25) is 5.02 Å². The number of nitrogens with one attached hydrogen (secondary N) is 1. The van der Waals surface area contributed by atoms with E-state index in [1.54, 1.807) is 6.07 Å². The average molecular weight is 300 g/mol. The molecule has 0 bridgehead atoms. The molecule has 0 aliphatic carbocycles. The highest BCUT2D eigenvalue weighted by molar-refractivity contribution is 6.31. The van der Waals surface area contributed by atoms with Gasteiger partial charge >= 0.3 is 0 Å². The Morgan fingerprint density at radius 2 is 2.30 bits per heavy atom. The molecule has 1 aliphatic rings. The van der Waals surface area contributed by atoms with Gasteiger partial charge in [-0.15, -0.1) is 0 Å². The van der Waals surface area contributed by atoms with Crippen LogP contribution in [0.5, 0.6) is 0 Å². The minimum atomic E-state index is -0.286. The lowest BCUT2D eigenvalue weighted by atomic mass is 9.96. The van der Waals surface area contributed by atoms with Crippen molar-refractivity contribution in [3.63, 3.8) is 0 Å². The molecule has 2 rings (SSSR count). The topological polar surface area (TPSA) is 21.3 Å². The van der Waals surface area contributed by atoms with E-state index in [2.05, 4.69) is 12.2 Å². The molecule has 20 heavy (non-hydrogen) atoms. The molecule has 4 heteroatoms. The summed E-state index contributed by atoms with van der Waals surface area (Å²) in [5.74, 6) is -0.286. The van der Waals surface area contributed by atoms with Gasteiger partial charge in [0.2, 0.25) is 0 Å². The number of benzene rings is 1. The fraction of sp³-hybridized carbons (Fsp3) is 0.625. The van der Waals surface area contributed by atoms with E-state index in [9.17, 15) is 4.39 Å². The van der Waals surface area contributed by atoms with Gasteiger partial charge in [-0.3, -0.25) is 0 Å². The van der Waals surface area contributed by atoms with Crippen molar-refractivity contribution < 1.29 is 9.13 Å². The molecule has 1 aliphatic heterocycles. The van der Waals surface area contributed by atoms with Crippen LogP contribution in [-0.2, 0) is 11.2 Å². The maximum atomic E-state index is 13.1. The third kappa shape index (κ3) is 4.44. The van der Waals surface area contributed by atoms with E-state index in [0.29, 0.717) is 5.02 Å². The van der Waals surface area contributed by atoms with Crippen molar-refractivity contribution in [3.05, 3.63) is 34.6 Å². The Labute approximate surface area is 125 Å². The first kappa shape index (κ1) is 15.7. The second kappa shape index (κ2) is 7.96. The van der Waals surface area contributed by atoms with Crippen molar-refractivity contribution in [2.24, 2.45) is 0 Å². The van der Waals surface area contributed by atoms with Gasteiger partial charge in [0.05, 0.1) is 6.10 Å². The van der Waals surface area contributed by atoms with Crippen molar-refractivity contribution in [2.75, 3.05) is 13.2 Å². The molecule has 1 saturated heterocycles. The third-order valence-corrected chi connectivity index (χ3v) is 4.13. The molecule has 1 heterocycles. The van der Waals surface area contributed by atoms with Crippen LogP contribution in [0.25, 0.3) is 0 Å². The predicted octanol–water partition coefficient (Wildman–Crippen LogP) is 3.96. The summed E-state index contributed by atoms with van der Waals surface area (Å²) in [6.45, 7) is 3.95. The predicted molar refractivity (Wildman–Crippen MR) is 80.8 cm³/mol. The Hall–Kier alpha value is -0.640.